The fraction of sp³-hybridized carbons (Fsp3) is 0.938. The molecule has 0 aliphatic heterocycles. The zero-order valence-corrected chi connectivity index (χ0v) is 24.6. The Labute approximate surface area is 221 Å². The summed E-state index contributed by atoms with van der Waals surface area (Å²) < 4.78 is 11.2. The molecule has 4 heteroatoms. The highest BCUT2D eigenvalue weighted by atomic mass is 16.5. The highest BCUT2D eigenvalue weighted by molar-refractivity contribution is 5.69. The molecule has 0 spiro atoms. The monoisotopic (exact) mass is 502 g/mol. The van der Waals surface area contributed by atoms with Gasteiger partial charge < -0.3 is 9.47 Å². The van der Waals surface area contributed by atoms with Crippen LogP contribution in [0.15, 0.2) is 0 Å². The van der Waals surface area contributed by atoms with Crippen molar-refractivity contribution in [1.82, 2.24) is 0 Å². The van der Waals surface area contributed by atoms with Gasteiger partial charge in [-0.2, -0.15) is 0 Å². The minimum Gasteiger partial charge on any atom is -0.465 e. The molecule has 4 nitrogen and oxygen atoms in total. The summed E-state index contributed by atoms with van der Waals surface area (Å²) in [6, 6.07) is 0. The maximum Gasteiger partial charge on any atom is 0.305 e. The third-order valence-electron chi connectivity index (χ3n) is 12.4. The topological polar surface area (TPSA) is 52.6 Å². The number of esters is 2. The summed E-state index contributed by atoms with van der Waals surface area (Å²) in [6.07, 6.45) is 12.7. The molecule has 0 heterocycles. The molecular formula is C32H54O4. The lowest BCUT2D eigenvalue weighted by Gasteiger charge is -2.69. The Morgan fingerprint density at radius 3 is 2.25 bits per heavy atom. The number of carbonyl (C=O) groups is 2. The number of carbonyl (C=O) groups excluding carboxylic acids is 2. The van der Waals surface area contributed by atoms with Crippen molar-refractivity contribution in [3.05, 3.63) is 0 Å². The van der Waals surface area contributed by atoms with Crippen molar-refractivity contribution in [2.45, 2.75) is 132 Å². The van der Waals surface area contributed by atoms with E-state index < -0.39 is 0 Å². The van der Waals surface area contributed by atoms with E-state index in [0.29, 0.717) is 47.0 Å². The molecule has 0 aromatic rings. The zero-order valence-electron chi connectivity index (χ0n) is 24.6. The Bertz CT molecular complexity index is 836. The van der Waals surface area contributed by atoms with E-state index in [9.17, 15) is 9.59 Å². The Kier molecular flexibility index (Phi) is 7.70. The summed E-state index contributed by atoms with van der Waals surface area (Å²) in [5.74, 6) is 3.05. The van der Waals surface area contributed by atoms with Crippen molar-refractivity contribution in [3.63, 3.8) is 0 Å². The SMILES string of the molecule is CC(=O)O[C@@H]1CC[C@]2(C)[C@H]3CC[C@@]4(C)[C@@H](CC[C@@H]4[C@H](C)CCC(=O)OCC(C)C)[C@]3(C)CC[C@]2(C)C1. The fourth-order valence-corrected chi connectivity index (χ4v) is 10.4. The highest BCUT2D eigenvalue weighted by Gasteiger charge is 2.68. The van der Waals surface area contributed by atoms with Gasteiger partial charge in [-0.05, 0) is 115 Å². The van der Waals surface area contributed by atoms with E-state index in [1.807, 2.05) is 0 Å². The van der Waals surface area contributed by atoms with Crippen LogP contribution in [0.2, 0.25) is 0 Å². The van der Waals surface area contributed by atoms with Gasteiger partial charge in [-0.3, -0.25) is 9.59 Å². The molecule has 4 saturated carbocycles. The lowest BCUT2D eigenvalue weighted by Crippen LogP contribution is -2.62. The second-order valence-electron chi connectivity index (χ2n) is 14.9. The number of fused-ring (bicyclic) bond motifs is 5. The second-order valence-corrected chi connectivity index (χ2v) is 14.9. The molecule has 0 unspecified atom stereocenters. The minimum absolute atomic E-state index is 0.0187. The summed E-state index contributed by atoms with van der Waals surface area (Å²) in [5.41, 5.74) is 1.35. The minimum atomic E-state index is -0.124. The van der Waals surface area contributed by atoms with Crippen molar-refractivity contribution < 1.29 is 19.1 Å². The molecule has 36 heavy (non-hydrogen) atoms. The molecule has 4 aliphatic carbocycles. The van der Waals surface area contributed by atoms with Crippen LogP contribution in [0.3, 0.4) is 0 Å². The van der Waals surface area contributed by atoms with Gasteiger partial charge in [0.25, 0.3) is 0 Å². The normalized spacial score (nSPS) is 44.8. The first-order chi connectivity index (χ1) is 16.7. The number of rotatable bonds is 7. The number of hydrogen-bond acceptors (Lipinski definition) is 4. The molecule has 0 saturated heterocycles. The molecule has 0 amide bonds. The summed E-state index contributed by atoms with van der Waals surface area (Å²) >= 11 is 0. The van der Waals surface area contributed by atoms with Crippen LogP contribution < -0.4 is 0 Å². The van der Waals surface area contributed by atoms with Crippen molar-refractivity contribution >= 4 is 11.9 Å². The third kappa shape index (κ3) is 4.66. The van der Waals surface area contributed by atoms with Crippen LogP contribution >= 0.6 is 0 Å². The maximum absolute atomic E-state index is 12.3. The van der Waals surface area contributed by atoms with Crippen LogP contribution in [0, 0.1) is 51.2 Å². The second kappa shape index (κ2) is 9.92. The largest absolute Gasteiger partial charge is 0.465 e. The predicted octanol–water partition coefficient (Wildman–Crippen LogP) is 7.97. The van der Waals surface area contributed by atoms with E-state index in [1.165, 1.54) is 44.9 Å². The Morgan fingerprint density at radius 2 is 1.58 bits per heavy atom. The van der Waals surface area contributed by atoms with Gasteiger partial charge in [-0.15, -0.1) is 0 Å². The molecule has 0 bridgehead atoms. The van der Waals surface area contributed by atoms with Gasteiger partial charge in [0.15, 0.2) is 0 Å². The lowest BCUT2D eigenvalue weighted by molar-refractivity contribution is -0.214. The van der Waals surface area contributed by atoms with Gasteiger partial charge in [0.1, 0.15) is 6.10 Å². The molecule has 0 radical (unpaired) electrons. The summed E-state index contributed by atoms with van der Waals surface area (Å²) in [4.78, 5) is 24.0. The van der Waals surface area contributed by atoms with Crippen molar-refractivity contribution in [2.24, 2.45) is 51.2 Å². The first-order valence-electron chi connectivity index (χ1n) is 15.1. The van der Waals surface area contributed by atoms with E-state index in [-0.39, 0.29) is 23.5 Å². The summed E-state index contributed by atoms with van der Waals surface area (Å²) in [5, 5.41) is 0. The van der Waals surface area contributed by atoms with Crippen LogP contribution in [0.4, 0.5) is 0 Å². The maximum atomic E-state index is 12.3. The van der Waals surface area contributed by atoms with Gasteiger partial charge in [0.05, 0.1) is 6.61 Å². The Hall–Kier alpha value is -1.06. The van der Waals surface area contributed by atoms with Gasteiger partial charge in [0.2, 0.25) is 0 Å². The average molecular weight is 503 g/mol. The number of ether oxygens (including phenoxy) is 2. The van der Waals surface area contributed by atoms with Crippen LogP contribution in [0.5, 0.6) is 0 Å². The summed E-state index contributed by atoms with van der Waals surface area (Å²) in [7, 11) is 0. The van der Waals surface area contributed by atoms with Gasteiger partial charge >= 0.3 is 11.9 Å². The van der Waals surface area contributed by atoms with Crippen molar-refractivity contribution in [1.29, 1.82) is 0 Å². The molecule has 0 aromatic carbocycles. The molecule has 4 fully saturated rings. The molecule has 4 aliphatic rings. The number of hydrogen-bond donors (Lipinski definition) is 0. The molecule has 9 atom stereocenters. The van der Waals surface area contributed by atoms with Gasteiger partial charge in [0, 0.05) is 13.3 Å². The van der Waals surface area contributed by atoms with E-state index in [0.717, 1.165) is 31.1 Å². The van der Waals surface area contributed by atoms with E-state index >= 15 is 0 Å². The Morgan fingerprint density at radius 1 is 0.861 bits per heavy atom. The van der Waals surface area contributed by atoms with E-state index in [4.69, 9.17) is 9.47 Å². The predicted molar refractivity (Wildman–Crippen MR) is 144 cm³/mol. The highest BCUT2D eigenvalue weighted by Crippen LogP contribution is 2.75. The molecular weight excluding hydrogens is 448 g/mol. The fourth-order valence-electron chi connectivity index (χ4n) is 10.4. The van der Waals surface area contributed by atoms with Crippen LogP contribution in [0.1, 0.15) is 126 Å². The smallest absolute Gasteiger partial charge is 0.305 e. The molecule has 206 valence electrons. The molecule has 4 rings (SSSR count). The average Bonchev–Trinajstić information content (AvgIpc) is 3.15. The van der Waals surface area contributed by atoms with Gasteiger partial charge in [-0.1, -0.05) is 48.5 Å². The summed E-state index contributed by atoms with van der Waals surface area (Å²) in [6.45, 7) is 19.0. The van der Waals surface area contributed by atoms with Crippen molar-refractivity contribution in [3.8, 4) is 0 Å². The van der Waals surface area contributed by atoms with Crippen LogP contribution in [0.25, 0.3) is 0 Å². The van der Waals surface area contributed by atoms with Gasteiger partial charge in [-0.25, -0.2) is 0 Å². The lowest BCUT2D eigenvalue weighted by atomic mass is 9.36. The zero-order chi connectivity index (χ0) is 26.5. The van der Waals surface area contributed by atoms with E-state index in [1.54, 1.807) is 6.92 Å². The molecule has 0 N–H and O–H groups in total. The van der Waals surface area contributed by atoms with Crippen molar-refractivity contribution in [2.75, 3.05) is 6.61 Å². The van der Waals surface area contributed by atoms with Crippen LogP contribution in [-0.2, 0) is 19.1 Å². The van der Waals surface area contributed by atoms with Crippen LogP contribution in [-0.4, -0.2) is 24.6 Å². The van der Waals surface area contributed by atoms with E-state index in [2.05, 4.69) is 48.5 Å². The Balaban J connectivity index is 1.46. The first kappa shape index (κ1) is 28.0. The molecule has 0 aromatic heterocycles. The quantitative estimate of drug-likeness (QED) is 0.331. The first-order valence-corrected chi connectivity index (χ1v) is 15.1. The standard InChI is InChI=1S/C32H54O4/c1-21(2)20-35-28(34)12-9-22(3)25-10-11-26-30(25,6)15-14-27-31(26,7)18-17-29(5)19-24(36-23(4)33)13-16-32(27,29)8/h21-22,24-27H,9-20H2,1-8H3/t22-,24-,25-,26-,27+,29-,30-,31+,32-/m1/s1. The third-order valence-corrected chi connectivity index (χ3v) is 12.4.